The SMILES string of the molecule is CNC1CCN(C(=O)CC2CCC(c3ccccc3)CC2)CC1. The molecule has 1 aromatic rings. The van der Waals surface area contributed by atoms with E-state index in [0.717, 1.165) is 32.4 Å². The molecule has 1 saturated heterocycles. The summed E-state index contributed by atoms with van der Waals surface area (Å²) in [6.07, 6.45) is 7.86. The zero-order chi connectivity index (χ0) is 16.1. The van der Waals surface area contributed by atoms with Crippen LogP contribution in [0.25, 0.3) is 0 Å². The van der Waals surface area contributed by atoms with E-state index in [1.807, 2.05) is 7.05 Å². The van der Waals surface area contributed by atoms with Crippen molar-refractivity contribution in [3.8, 4) is 0 Å². The van der Waals surface area contributed by atoms with E-state index in [9.17, 15) is 4.79 Å². The Morgan fingerprint density at radius 2 is 1.70 bits per heavy atom. The molecule has 0 bridgehead atoms. The largest absolute Gasteiger partial charge is 0.343 e. The third-order valence-corrected chi connectivity index (χ3v) is 5.84. The summed E-state index contributed by atoms with van der Waals surface area (Å²) in [6.45, 7) is 1.87. The number of nitrogens with zero attached hydrogens (tertiary/aromatic N) is 1. The normalized spacial score (nSPS) is 26.2. The number of amides is 1. The molecule has 1 heterocycles. The number of carbonyl (C=O) groups is 1. The molecular formula is C20H30N2O. The molecule has 0 radical (unpaired) electrons. The Morgan fingerprint density at radius 3 is 2.30 bits per heavy atom. The number of rotatable bonds is 4. The summed E-state index contributed by atoms with van der Waals surface area (Å²) in [5.74, 6) is 1.70. The number of piperidine rings is 1. The first-order valence-corrected chi connectivity index (χ1v) is 9.26. The lowest BCUT2D eigenvalue weighted by atomic mass is 9.77. The lowest BCUT2D eigenvalue weighted by molar-refractivity contribution is -0.133. The minimum atomic E-state index is 0.391. The first-order valence-electron chi connectivity index (χ1n) is 9.26. The molecular weight excluding hydrogens is 284 g/mol. The first-order chi connectivity index (χ1) is 11.3. The molecule has 1 aliphatic carbocycles. The van der Waals surface area contributed by atoms with E-state index < -0.39 is 0 Å². The van der Waals surface area contributed by atoms with E-state index >= 15 is 0 Å². The summed E-state index contributed by atoms with van der Waals surface area (Å²) in [6, 6.07) is 11.5. The zero-order valence-corrected chi connectivity index (χ0v) is 14.3. The van der Waals surface area contributed by atoms with Crippen molar-refractivity contribution in [1.29, 1.82) is 0 Å². The van der Waals surface area contributed by atoms with Crippen molar-refractivity contribution in [3.05, 3.63) is 35.9 Å². The molecule has 1 amide bonds. The van der Waals surface area contributed by atoms with Crippen molar-refractivity contribution in [2.45, 2.75) is 56.9 Å². The molecule has 2 aliphatic rings. The van der Waals surface area contributed by atoms with Crippen LogP contribution in [0.15, 0.2) is 30.3 Å². The fraction of sp³-hybridized carbons (Fsp3) is 0.650. The number of likely N-dealkylation sites (tertiary alicyclic amines) is 1. The van der Waals surface area contributed by atoms with Crippen LogP contribution >= 0.6 is 0 Å². The van der Waals surface area contributed by atoms with Crippen LogP contribution < -0.4 is 5.32 Å². The van der Waals surface area contributed by atoms with Gasteiger partial charge < -0.3 is 10.2 Å². The van der Waals surface area contributed by atoms with Gasteiger partial charge in [0.2, 0.25) is 5.91 Å². The van der Waals surface area contributed by atoms with E-state index in [1.165, 1.54) is 31.2 Å². The van der Waals surface area contributed by atoms with Gasteiger partial charge in [-0.05, 0) is 63.0 Å². The summed E-state index contributed by atoms with van der Waals surface area (Å²) >= 11 is 0. The van der Waals surface area contributed by atoms with Gasteiger partial charge in [0.1, 0.15) is 0 Å². The fourth-order valence-corrected chi connectivity index (χ4v) is 4.22. The van der Waals surface area contributed by atoms with Crippen LogP contribution in [-0.2, 0) is 4.79 Å². The Bertz CT molecular complexity index is 486. The predicted octanol–water partition coefficient (Wildman–Crippen LogP) is 3.56. The minimum absolute atomic E-state index is 0.391. The van der Waals surface area contributed by atoms with Crippen LogP contribution in [0, 0.1) is 5.92 Å². The average Bonchev–Trinajstić information content (AvgIpc) is 2.63. The number of nitrogens with one attached hydrogen (secondary N) is 1. The number of carbonyl (C=O) groups excluding carboxylic acids is 1. The lowest BCUT2D eigenvalue weighted by Gasteiger charge is -2.34. The van der Waals surface area contributed by atoms with Gasteiger partial charge in [-0.1, -0.05) is 30.3 Å². The molecule has 126 valence electrons. The van der Waals surface area contributed by atoms with Crippen molar-refractivity contribution < 1.29 is 4.79 Å². The van der Waals surface area contributed by atoms with E-state index in [2.05, 4.69) is 40.5 Å². The van der Waals surface area contributed by atoms with Crippen molar-refractivity contribution in [2.24, 2.45) is 5.92 Å². The summed E-state index contributed by atoms with van der Waals surface area (Å²) < 4.78 is 0. The first kappa shape index (κ1) is 16.5. The van der Waals surface area contributed by atoms with Gasteiger partial charge in [-0.15, -0.1) is 0 Å². The molecule has 1 aromatic carbocycles. The molecule has 1 aliphatic heterocycles. The van der Waals surface area contributed by atoms with Crippen LogP contribution in [0.3, 0.4) is 0 Å². The van der Waals surface area contributed by atoms with Gasteiger partial charge in [0.25, 0.3) is 0 Å². The predicted molar refractivity (Wildman–Crippen MR) is 94.4 cm³/mol. The van der Waals surface area contributed by atoms with Crippen molar-refractivity contribution in [2.75, 3.05) is 20.1 Å². The molecule has 3 nitrogen and oxygen atoms in total. The third-order valence-electron chi connectivity index (χ3n) is 5.84. The second-order valence-electron chi connectivity index (χ2n) is 7.28. The van der Waals surface area contributed by atoms with Crippen molar-refractivity contribution >= 4 is 5.91 Å². The number of benzene rings is 1. The summed E-state index contributed by atoms with van der Waals surface area (Å²) in [5, 5.41) is 3.33. The summed E-state index contributed by atoms with van der Waals surface area (Å²) in [4.78, 5) is 14.6. The molecule has 0 atom stereocenters. The highest BCUT2D eigenvalue weighted by Gasteiger charge is 2.27. The van der Waals surface area contributed by atoms with Crippen LogP contribution in [0.2, 0.25) is 0 Å². The second-order valence-corrected chi connectivity index (χ2v) is 7.28. The highest BCUT2D eigenvalue weighted by molar-refractivity contribution is 5.76. The summed E-state index contributed by atoms with van der Waals surface area (Å²) in [7, 11) is 2.02. The van der Waals surface area contributed by atoms with E-state index in [1.54, 1.807) is 0 Å². The molecule has 0 spiro atoms. The molecule has 3 rings (SSSR count). The Morgan fingerprint density at radius 1 is 1.04 bits per heavy atom. The number of hydrogen-bond donors (Lipinski definition) is 1. The Balaban J connectivity index is 1.43. The summed E-state index contributed by atoms with van der Waals surface area (Å²) in [5.41, 5.74) is 1.48. The molecule has 1 saturated carbocycles. The Kier molecular flexibility index (Phi) is 5.71. The van der Waals surface area contributed by atoms with Crippen molar-refractivity contribution in [1.82, 2.24) is 10.2 Å². The zero-order valence-electron chi connectivity index (χ0n) is 14.3. The quantitative estimate of drug-likeness (QED) is 0.921. The minimum Gasteiger partial charge on any atom is -0.343 e. The van der Waals surface area contributed by atoms with E-state index in [4.69, 9.17) is 0 Å². The molecule has 23 heavy (non-hydrogen) atoms. The average molecular weight is 314 g/mol. The van der Waals surface area contributed by atoms with Gasteiger partial charge in [-0.25, -0.2) is 0 Å². The smallest absolute Gasteiger partial charge is 0.222 e. The lowest BCUT2D eigenvalue weighted by Crippen LogP contribution is -2.44. The maximum absolute atomic E-state index is 12.5. The van der Waals surface area contributed by atoms with Gasteiger partial charge in [-0.3, -0.25) is 4.79 Å². The van der Waals surface area contributed by atoms with E-state index in [0.29, 0.717) is 23.8 Å². The van der Waals surface area contributed by atoms with Crippen LogP contribution in [0.1, 0.15) is 56.4 Å². The maximum Gasteiger partial charge on any atom is 0.222 e. The Hall–Kier alpha value is -1.35. The molecule has 3 heteroatoms. The molecule has 0 aromatic heterocycles. The maximum atomic E-state index is 12.5. The Labute approximate surface area is 140 Å². The van der Waals surface area contributed by atoms with Gasteiger partial charge in [0.05, 0.1) is 0 Å². The molecule has 1 N–H and O–H groups in total. The fourth-order valence-electron chi connectivity index (χ4n) is 4.22. The highest BCUT2D eigenvalue weighted by Crippen LogP contribution is 2.37. The van der Waals surface area contributed by atoms with E-state index in [-0.39, 0.29) is 0 Å². The monoisotopic (exact) mass is 314 g/mol. The van der Waals surface area contributed by atoms with Gasteiger partial charge >= 0.3 is 0 Å². The highest BCUT2D eigenvalue weighted by atomic mass is 16.2. The molecule has 0 unspecified atom stereocenters. The van der Waals surface area contributed by atoms with Crippen molar-refractivity contribution in [3.63, 3.8) is 0 Å². The standard InChI is InChI=1S/C20H30N2O/c1-21-19-11-13-22(14-12-19)20(23)15-16-7-9-18(10-8-16)17-5-3-2-4-6-17/h2-6,16,18-19,21H,7-15H2,1H3. The van der Waals surface area contributed by atoms with Crippen LogP contribution in [0.5, 0.6) is 0 Å². The van der Waals surface area contributed by atoms with Gasteiger partial charge in [0, 0.05) is 25.6 Å². The molecule has 2 fully saturated rings. The third kappa shape index (κ3) is 4.35. The number of hydrogen-bond acceptors (Lipinski definition) is 2. The van der Waals surface area contributed by atoms with Gasteiger partial charge in [0.15, 0.2) is 0 Å². The van der Waals surface area contributed by atoms with Crippen LogP contribution in [-0.4, -0.2) is 37.0 Å². The van der Waals surface area contributed by atoms with Crippen LogP contribution in [0.4, 0.5) is 0 Å². The topological polar surface area (TPSA) is 32.3 Å². The second kappa shape index (κ2) is 7.96. The van der Waals surface area contributed by atoms with Gasteiger partial charge in [-0.2, -0.15) is 0 Å².